The van der Waals surface area contributed by atoms with E-state index in [1.54, 1.807) is 0 Å². The Hall–Kier alpha value is -0.260. The summed E-state index contributed by atoms with van der Waals surface area (Å²) in [4.78, 5) is 0. The number of alkyl halides is 2. The summed E-state index contributed by atoms with van der Waals surface area (Å²) in [5, 5.41) is 6.65. The van der Waals surface area contributed by atoms with Gasteiger partial charge in [0.1, 0.15) is 6.61 Å². The van der Waals surface area contributed by atoms with Gasteiger partial charge in [0.2, 0.25) is 0 Å². The van der Waals surface area contributed by atoms with Gasteiger partial charge in [-0.1, -0.05) is 0 Å². The molecule has 0 aromatic rings. The first-order valence-corrected chi connectivity index (χ1v) is 6.23. The van der Waals surface area contributed by atoms with Gasteiger partial charge in [-0.15, -0.1) is 0 Å². The molecule has 0 bridgehead atoms. The van der Waals surface area contributed by atoms with Crippen molar-refractivity contribution in [1.82, 2.24) is 10.6 Å². The molecule has 5 heteroatoms. The van der Waals surface area contributed by atoms with E-state index in [-0.39, 0.29) is 5.54 Å². The second kappa shape index (κ2) is 9.74. The molecule has 0 fully saturated rings. The third kappa shape index (κ3) is 15.7. The van der Waals surface area contributed by atoms with E-state index in [9.17, 15) is 8.78 Å². The van der Waals surface area contributed by atoms with Crippen molar-refractivity contribution in [3.63, 3.8) is 0 Å². The lowest BCUT2D eigenvalue weighted by Gasteiger charge is -2.20. The van der Waals surface area contributed by atoms with Crippen molar-refractivity contribution in [3.8, 4) is 0 Å². The smallest absolute Gasteiger partial charge is 0.261 e. The van der Waals surface area contributed by atoms with E-state index in [2.05, 4.69) is 31.4 Å². The zero-order valence-electron chi connectivity index (χ0n) is 11.2. The van der Waals surface area contributed by atoms with E-state index >= 15 is 0 Å². The van der Waals surface area contributed by atoms with E-state index in [0.717, 1.165) is 32.5 Å². The van der Waals surface area contributed by atoms with Crippen LogP contribution >= 0.6 is 0 Å². The van der Waals surface area contributed by atoms with E-state index in [1.165, 1.54) is 0 Å². The van der Waals surface area contributed by atoms with Crippen LogP contribution in [0.15, 0.2) is 0 Å². The van der Waals surface area contributed by atoms with Crippen LogP contribution in [-0.4, -0.2) is 44.8 Å². The van der Waals surface area contributed by atoms with Crippen LogP contribution in [-0.2, 0) is 4.74 Å². The fourth-order valence-electron chi connectivity index (χ4n) is 1.27. The highest BCUT2D eigenvalue weighted by Gasteiger charge is 2.06. The lowest BCUT2D eigenvalue weighted by molar-refractivity contribution is 0.0168. The Morgan fingerprint density at radius 1 is 1.06 bits per heavy atom. The highest BCUT2D eigenvalue weighted by atomic mass is 19.3. The molecule has 0 aliphatic rings. The third-order valence-corrected chi connectivity index (χ3v) is 2.07. The maximum atomic E-state index is 11.7. The van der Waals surface area contributed by atoms with Crippen molar-refractivity contribution in [2.24, 2.45) is 0 Å². The molecular formula is C12H26F2N2O. The molecule has 0 heterocycles. The molecule has 17 heavy (non-hydrogen) atoms. The third-order valence-electron chi connectivity index (χ3n) is 2.07. The minimum Gasteiger partial charge on any atom is -0.375 e. The van der Waals surface area contributed by atoms with Crippen LogP contribution < -0.4 is 10.6 Å². The van der Waals surface area contributed by atoms with E-state index in [1.807, 2.05) is 0 Å². The Kier molecular flexibility index (Phi) is 9.59. The number of halogens is 2. The summed E-state index contributed by atoms with van der Waals surface area (Å²) in [5.41, 5.74) is 0.170. The van der Waals surface area contributed by atoms with Crippen molar-refractivity contribution in [2.45, 2.75) is 45.6 Å². The second-order valence-corrected chi connectivity index (χ2v) is 5.10. The highest BCUT2D eigenvalue weighted by Crippen LogP contribution is 1.97. The maximum absolute atomic E-state index is 11.7. The summed E-state index contributed by atoms with van der Waals surface area (Å²) < 4.78 is 28.2. The molecule has 0 atom stereocenters. The summed E-state index contributed by atoms with van der Waals surface area (Å²) in [6.45, 7) is 9.12. The molecule has 0 saturated carbocycles. The summed E-state index contributed by atoms with van der Waals surface area (Å²) in [7, 11) is 0. The Bertz CT molecular complexity index is 172. The van der Waals surface area contributed by atoms with Crippen molar-refractivity contribution in [3.05, 3.63) is 0 Å². The molecule has 0 rings (SSSR count). The number of hydrogen-bond donors (Lipinski definition) is 2. The summed E-state index contributed by atoms with van der Waals surface area (Å²) in [6.07, 6.45) is -0.513. The Labute approximate surface area is 103 Å². The average Bonchev–Trinajstić information content (AvgIpc) is 2.18. The van der Waals surface area contributed by atoms with Crippen molar-refractivity contribution >= 4 is 0 Å². The summed E-state index contributed by atoms with van der Waals surface area (Å²) >= 11 is 0. The van der Waals surface area contributed by atoms with Gasteiger partial charge in [-0.3, -0.25) is 0 Å². The molecule has 0 aliphatic heterocycles. The van der Waals surface area contributed by atoms with Gasteiger partial charge in [0.25, 0.3) is 6.43 Å². The van der Waals surface area contributed by atoms with Gasteiger partial charge in [-0.25, -0.2) is 8.78 Å². The minimum atomic E-state index is -2.36. The Morgan fingerprint density at radius 3 is 2.29 bits per heavy atom. The van der Waals surface area contributed by atoms with Crippen LogP contribution in [0.1, 0.15) is 33.6 Å². The predicted octanol–water partition coefficient (Wildman–Crippen LogP) is 2.03. The lowest BCUT2D eigenvalue weighted by Crippen LogP contribution is -2.37. The van der Waals surface area contributed by atoms with Crippen LogP contribution in [0.3, 0.4) is 0 Å². The van der Waals surface area contributed by atoms with Crippen LogP contribution in [0.5, 0.6) is 0 Å². The first-order chi connectivity index (χ1) is 7.92. The van der Waals surface area contributed by atoms with Crippen LogP contribution in [0, 0.1) is 0 Å². The molecular weight excluding hydrogens is 226 g/mol. The largest absolute Gasteiger partial charge is 0.375 e. The van der Waals surface area contributed by atoms with Gasteiger partial charge in [0.15, 0.2) is 0 Å². The second-order valence-electron chi connectivity index (χ2n) is 5.10. The number of rotatable bonds is 10. The minimum absolute atomic E-state index is 0.170. The number of nitrogens with one attached hydrogen (secondary N) is 2. The van der Waals surface area contributed by atoms with E-state index in [4.69, 9.17) is 4.74 Å². The van der Waals surface area contributed by atoms with E-state index in [0.29, 0.717) is 6.61 Å². The quantitative estimate of drug-likeness (QED) is 0.584. The van der Waals surface area contributed by atoms with Crippen LogP contribution in [0.25, 0.3) is 0 Å². The fraction of sp³-hybridized carbons (Fsp3) is 1.00. The summed E-state index contributed by atoms with van der Waals surface area (Å²) in [5.74, 6) is 0. The van der Waals surface area contributed by atoms with Crippen LogP contribution in [0.4, 0.5) is 8.78 Å². The SMILES string of the molecule is CC(C)(C)NCCCNCCCOCC(F)F. The standard InChI is InChI=1S/C12H26F2N2O/c1-12(2,3)16-8-4-6-15-7-5-9-17-10-11(13)14/h11,15-16H,4-10H2,1-3H3. The molecule has 0 saturated heterocycles. The fourth-order valence-corrected chi connectivity index (χ4v) is 1.27. The van der Waals surface area contributed by atoms with Crippen molar-refractivity contribution < 1.29 is 13.5 Å². The molecule has 3 nitrogen and oxygen atoms in total. The molecule has 0 aromatic carbocycles. The van der Waals surface area contributed by atoms with Gasteiger partial charge < -0.3 is 15.4 Å². The highest BCUT2D eigenvalue weighted by molar-refractivity contribution is 4.69. The molecule has 0 spiro atoms. The van der Waals surface area contributed by atoms with Gasteiger partial charge in [-0.05, 0) is 53.2 Å². The van der Waals surface area contributed by atoms with Gasteiger partial charge in [-0.2, -0.15) is 0 Å². The van der Waals surface area contributed by atoms with Gasteiger partial charge in [0.05, 0.1) is 0 Å². The Balaban J connectivity index is 3.04. The molecule has 104 valence electrons. The molecule has 0 aliphatic carbocycles. The van der Waals surface area contributed by atoms with E-state index < -0.39 is 13.0 Å². The maximum Gasteiger partial charge on any atom is 0.261 e. The zero-order valence-corrected chi connectivity index (χ0v) is 11.2. The normalized spacial score (nSPS) is 12.4. The first-order valence-electron chi connectivity index (χ1n) is 6.23. The van der Waals surface area contributed by atoms with Gasteiger partial charge in [0, 0.05) is 12.1 Å². The first kappa shape index (κ1) is 16.7. The monoisotopic (exact) mass is 252 g/mol. The molecule has 0 radical (unpaired) electrons. The zero-order chi connectivity index (χ0) is 13.1. The molecule has 0 amide bonds. The van der Waals surface area contributed by atoms with Gasteiger partial charge >= 0.3 is 0 Å². The lowest BCUT2D eigenvalue weighted by atomic mass is 10.1. The number of ether oxygens (including phenoxy) is 1. The van der Waals surface area contributed by atoms with Crippen molar-refractivity contribution in [2.75, 3.05) is 32.8 Å². The number of hydrogen-bond acceptors (Lipinski definition) is 3. The van der Waals surface area contributed by atoms with Crippen LogP contribution in [0.2, 0.25) is 0 Å². The molecule has 2 N–H and O–H groups in total. The Morgan fingerprint density at radius 2 is 1.71 bits per heavy atom. The topological polar surface area (TPSA) is 33.3 Å². The summed E-state index contributed by atoms with van der Waals surface area (Å²) in [6, 6.07) is 0. The van der Waals surface area contributed by atoms with Crippen molar-refractivity contribution in [1.29, 1.82) is 0 Å². The molecule has 0 aromatic heterocycles. The average molecular weight is 252 g/mol. The predicted molar refractivity (Wildman–Crippen MR) is 66.7 cm³/mol. The molecule has 0 unspecified atom stereocenters.